The Hall–Kier alpha value is -3.10. The van der Waals surface area contributed by atoms with Crippen LogP contribution in [-0.2, 0) is 0 Å². The van der Waals surface area contributed by atoms with Gasteiger partial charge in [0, 0.05) is 18.2 Å². The summed E-state index contributed by atoms with van der Waals surface area (Å²) >= 11 is 12.4. The second-order valence-corrected chi connectivity index (χ2v) is 7.98. The summed E-state index contributed by atoms with van der Waals surface area (Å²) in [5.74, 6) is -0.446. The standard InChI is InChI=1S/C20H18Cl2N4O4/c1-9(2)7-15(27)17-19(28)16-14(26(29)30)6-4-11(21)18(16)25-20(17)24-13-5-3-10(23)8-12(13)22/h3-6,8-9H,7,23H2,1-2H3,(H2,24,25,28). The fourth-order valence-corrected chi connectivity index (χ4v) is 3.54. The summed E-state index contributed by atoms with van der Waals surface area (Å²) in [6, 6.07) is 7.15. The van der Waals surface area contributed by atoms with Crippen molar-refractivity contribution in [1.82, 2.24) is 4.98 Å². The van der Waals surface area contributed by atoms with Crippen LogP contribution in [-0.4, -0.2) is 15.7 Å². The summed E-state index contributed by atoms with van der Waals surface area (Å²) in [5, 5.41) is 14.5. The van der Waals surface area contributed by atoms with Gasteiger partial charge in [-0.2, -0.15) is 0 Å². The average molecular weight is 449 g/mol. The van der Waals surface area contributed by atoms with Crippen LogP contribution in [0.1, 0.15) is 30.6 Å². The minimum absolute atomic E-state index is 0.0325. The molecule has 0 amide bonds. The quantitative estimate of drug-likeness (QED) is 0.203. The van der Waals surface area contributed by atoms with Crippen LogP contribution < -0.4 is 16.5 Å². The number of H-pyrrole nitrogens is 1. The molecule has 1 aromatic heterocycles. The maximum atomic E-state index is 13.3. The molecule has 1 heterocycles. The Balaban J connectivity index is 2.34. The molecule has 3 aromatic rings. The number of nitrogens with one attached hydrogen (secondary N) is 2. The number of fused-ring (bicyclic) bond motifs is 1. The number of nitrogens with two attached hydrogens (primary N) is 1. The number of nitrogens with zero attached hydrogens (tertiary/aromatic N) is 1. The van der Waals surface area contributed by atoms with E-state index >= 15 is 0 Å². The maximum absolute atomic E-state index is 13.3. The molecule has 0 aliphatic rings. The number of carbonyl (C=O) groups excluding carboxylic acids is 1. The largest absolute Gasteiger partial charge is 0.399 e. The minimum atomic E-state index is -0.780. The molecule has 0 unspecified atom stereocenters. The van der Waals surface area contributed by atoms with E-state index < -0.39 is 21.8 Å². The van der Waals surface area contributed by atoms with Crippen LogP contribution in [0.2, 0.25) is 10.0 Å². The monoisotopic (exact) mass is 448 g/mol. The number of nitrogen functional groups attached to an aromatic ring is 1. The van der Waals surface area contributed by atoms with Gasteiger partial charge in [0.05, 0.1) is 26.2 Å². The van der Waals surface area contributed by atoms with Gasteiger partial charge in [-0.3, -0.25) is 19.7 Å². The number of non-ortho nitro benzene ring substituents is 1. The SMILES string of the molecule is CC(C)CC(=O)c1c(Nc2ccc(N)cc2Cl)[nH]c2c(Cl)ccc([N+](=O)[O-])c2c1=O. The van der Waals surface area contributed by atoms with Gasteiger partial charge in [0.2, 0.25) is 5.43 Å². The number of carbonyl (C=O) groups is 1. The third kappa shape index (κ3) is 4.10. The van der Waals surface area contributed by atoms with Crippen LogP contribution in [0.5, 0.6) is 0 Å². The van der Waals surface area contributed by atoms with Crippen molar-refractivity contribution in [3.63, 3.8) is 0 Å². The van der Waals surface area contributed by atoms with Gasteiger partial charge >= 0.3 is 0 Å². The topological polar surface area (TPSA) is 131 Å². The summed E-state index contributed by atoms with van der Waals surface area (Å²) in [4.78, 5) is 39.9. The van der Waals surface area contributed by atoms with Crippen molar-refractivity contribution in [3.8, 4) is 0 Å². The van der Waals surface area contributed by atoms with Gasteiger partial charge in [-0.15, -0.1) is 0 Å². The second-order valence-electron chi connectivity index (χ2n) is 7.16. The lowest BCUT2D eigenvalue weighted by atomic mass is 9.99. The number of Topliss-reactive ketones (excluding diaryl/α,β-unsaturated/α-hetero) is 1. The van der Waals surface area contributed by atoms with Gasteiger partial charge in [-0.05, 0) is 30.2 Å². The molecule has 30 heavy (non-hydrogen) atoms. The molecule has 0 spiro atoms. The number of rotatable bonds is 6. The predicted molar refractivity (Wildman–Crippen MR) is 119 cm³/mol. The molecule has 0 fully saturated rings. The van der Waals surface area contributed by atoms with Crippen LogP contribution in [0, 0.1) is 16.0 Å². The molecule has 0 aliphatic carbocycles. The summed E-state index contributed by atoms with van der Waals surface area (Å²) in [7, 11) is 0. The molecule has 0 aliphatic heterocycles. The van der Waals surface area contributed by atoms with Crippen molar-refractivity contribution in [2.75, 3.05) is 11.1 Å². The van der Waals surface area contributed by atoms with E-state index in [-0.39, 0.29) is 44.7 Å². The van der Waals surface area contributed by atoms with E-state index in [9.17, 15) is 19.7 Å². The number of hydrogen-bond donors (Lipinski definition) is 3. The molecule has 3 rings (SSSR count). The number of aromatic amines is 1. The summed E-state index contributed by atoms with van der Waals surface area (Å²) in [6.45, 7) is 3.66. The smallest absolute Gasteiger partial charge is 0.282 e. The number of halogens is 2. The summed E-state index contributed by atoms with van der Waals surface area (Å²) in [6.07, 6.45) is 0.0765. The highest BCUT2D eigenvalue weighted by molar-refractivity contribution is 6.35. The molecule has 0 saturated carbocycles. The van der Waals surface area contributed by atoms with Gasteiger partial charge in [0.1, 0.15) is 16.8 Å². The van der Waals surface area contributed by atoms with Crippen LogP contribution in [0.25, 0.3) is 10.9 Å². The Labute approximate surface area is 181 Å². The Kier molecular flexibility index (Phi) is 6.00. The third-order valence-electron chi connectivity index (χ3n) is 4.41. The van der Waals surface area contributed by atoms with Gasteiger partial charge in [0.25, 0.3) is 5.69 Å². The Morgan fingerprint density at radius 3 is 2.53 bits per heavy atom. The number of nitro groups is 1. The van der Waals surface area contributed by atoms with E-state index in [4.69, 9.17) is 28.9 Å². The minimum Gasteiger partial charge on any atom is -0.399 e. The van der Waals surface area contributed by atoms with Crippen molar-refractivity contribution in [2.24, 2.45) is 5.92 Å². The average Bonchev–Trinajstić information content (AvgIpc) is 2.64. The lowest BCUT2D eigenvalue weighted by Gasteiger charge is -2.15. The lowest BCUT2D eigenvalue weighted by molar-refractivity contribution is -0.383. The Bertz CT molecular complexity index is 1240. The highest BCUT2D eigenvalue weighted by Crippen LogP contribution is 2.33. The van der Waals surface area contributed by atoms with Crippen LogP contribution in [0.4, 0.5) is 22.9 Å². The first-order valence-corrected chi connectivity index (χ1v) is 9.73. The number of hydrogen-bond acceptors (Lipinski definition) is 6. The number of aromatic nitrogens is 1. The van der Waals surface area contributed by atoms with Gasteiger partial charge in [0.15, 0.2) is 5.78 Å². The van der Waals surface area contributed by atoms with E-state index in [1.165, 1.54) is 12.1 Å². The van der Waals surface area contributed by atoms with E-state index in [1.807, 2.05) is 13.8 Å². The lowest BCUT2D eigenvalue weighted by Crippen LogP contribution is -2.21. The summed E-state index contributed by atoms with van der Waals surface area (Å²) < 4.78 is 0. The molecule has 0 atom stereocenters. The molecule has 0 bridgehead atoms. The van der Waals surface area contributed by atoms with Crippen molar-refractivity contribution in [1.29, 1.82) is 0 Å². The normalized spacial score (nSPS) is 11.1. The summed E-state index contributed by atoms with van der Waals surface area (Å²) in [5.41, 5.74) is 5.14. The zero-order chi connectivity index (χ0) is 22.2. The molecule has 10 heteroatoms. The fourth-order valence-electron chi connectivity index (χ4n) is 3.10. The van der Waals surface area contributed by atoms with E-state index in [2.05, 4.69) is 10.3 Å². The Morgan fingerprint density at radius 1 is 1.23 bits per heavy atom. The fraction of sp³-hybridized carbons (Fsp3) is 0.200. The number of ketones is 1. The molecule has 0 radical (unpaired) electrons. The number of pyridine rings is 1. The van der Waals surface area contributed by atoms with Crippen molar-refractivity contribution in [3.05, 3.63) is 66.3 Å². The van der Waals surface area contributed by atoms with Crippen LogP contribution in [0.3, 0.4) is 0 Å². The second kappa shape index (κ2) is 8.33. The molecule has 8 nitrogen and oxygen atoms in total. The zero-order valence-corrected chi connectivity index (χ0v) is 17.6. The van der Waals surface area contributed by atoms with Crippen LogP contribution >= 0.6 is 23.2 Å². The predicted octanol–water partition coefficient (Wildman–Crippen LogP) is 5.30. The van der Waals surface area contributed by atoms with E-state index in [0.29, 0.717) is 11.4 Å². The third-order valence-corrected chi connectivity index (χ3v) is 5.04. The van der Waals surface area contributed by atoms with Crippen molar-refractivity contribution < 1.29 is 9.72 Å². The molecular weight excluding hydrogens is 431 g/mol. The van der Waals surface area contributed by atoms with E-state index in [0.717, 1.165) is 6.07 Å². The highest BCUT2D eigenvalue weighted by Gasteiger charge is 2.26. The molecule has 156 valence electrons. The first-order valence-electron chi connectivity index (χ1n) is 8.98. The number of nitro benzene ring substituents is 1. The highest BCUT2D eigenvalue weighted by atomic mass is 35.5. The number of benzene rings is 2. The molecule has 4 N–H and O–H groups in total. The molecular formula is C20H18Cl2N4O4. The number of anilines is 3. The van der Waals surface area contributed by atoms with Gasteiger partial charge in [-0.1, -0.05) is 37.0 Å². The maximum Gasteiger partial charge on any atom is 0.282 e. The van der Waals surface area contributed by atoms with Crippen molar-refractivity contribution >= 4 is 62.8 Å². The molecule has 0 saturated heterocycles. The Morgan fingerprint density at radius 2 is 1.93 bits per heavy atom. The zero-order valence-electron chi connectivity index (χ0n) is 16.1. The van der Waals surface area contributed by atoms with Gasteiger partial charge < -0.3 is 16.0 Å². The van der Waals surface area contributed by atoms with E-state index in [1.54, 1.807) is 12.1 Å². The van der Waals surface area contributed by atoms with Gasteiger partial charge in [-0.25, -0.2) is 0 Å². The van der Waals surface area contributed by atoms with Crippen molar-refractivity contribution in [2.45, 2.75) is 20.3 Å². The first-order chi connectivity index (χ1) is 14.1. The first kappa shape index (κ1) is 21.6. The van der Waals surface area contributed by atoms with Crippen LogP contribution in [0.15, 0.2) is 35.1 Å². The molecule has 2 aromatic carbocycles.